The third-order valence-corrected chi connectivity index (χ3v) is 4.40. The molecule has 25 heavy (non-hydrogen) atoms. The largest absolute Gasteiger partial charge is 0.383 e. The number of halogens is 1. The molecular weight excluding hydrogens is 334 g/mol. The number of aromatic nitrogens is 2. The maximum Gasteiger partial charge on any atom is 0.150 e. The molecule has 0 aliphatic rings. The van der Waals surface area contributed by atoms with Crippen LogP contribution in [-0.2, 0) is 0 Å². The highest BCUT2D eigenvalue weighted by atomic mass is 35.5. The van der Waals surface area contributed by atoms with Crippen LogP contribution in [-0.4, -0.2) is 15.8 Å². The minimum absolute atomic E-state index is 0.460. The second kappa shape index (κ2) is 6.07. The molecule has 4 rings (SSSR count). The highest BCUT2D eigenvalue weighted by Gasteiger charge is 2.15. The number of anilines is 1. The van der Waals surface area contributed by atoms with Crippen LogP contribution in [0.2, 0.25) is 5.02 Å². The third kappa shape index (κ3) is 2.66. The number of carbonyl (C=O) groups excluding carboxylic acids is 1. The first-order valence-electron chi connectivity index (χ1n) is 7.75. The van der Waals surface area contributed by atoms with E-state index in [9.17, 15) is 4.79 Å². The first kappa shape index (κ1) is 15.4. The van der Waals surface area contributed by atoms with Crippen molar-refractivity contribution in [1.29, 1.82) is 0 Å². The summed E-state index contributed by atoms with van der Waals surface area (Å²) in [6.07, 6.45) is 2.50. The van der Waals surface area contributed by atoms with E-state index in [2.05, 4.69) is 15.6 Å². The predicted molar refractivity (Wildman–Crippen MR) is 101 cm³/mol. The SMILES string of the molecule is Nc1ncccc1-c1cc2ccc(Cl)cc2n1-c1ccc(C=O)cc1. The Labute approximate surface area is 149 Å². The van der Waals surface area contributed by atoms with Crippen molar-refractivity contribution in [1.82, 2.24) is 9.55 Å². The predicted octanol–water partition coefficient (Wildman–Crippen LogP) is 4.74. The lowest BCUT2D eigenvalue weighted by Crippen LogP contribution is -2.00. The molecule has 2 aromatic heterocycles. The van der Waals surface area contributed by atoms with E-state index in [4.69, 9.17) is 17.3 Å². The topological polar surface area (TPSA) is 60.9 Å². The molecule has 0 bridgehead atoms. The zero-order valence-corrected chi connectivity index (χ0v) is 13.9. The van der Waals surface area contributed by atoms with Crippen LogP contribution in [0.25, 0.3) is 27.8 Å². The van der Waals surface area contributed by atoms with Crippen molar-refractivity contribution in [2.24, 2.45) is 0 Å². The summed E-state index contributed by atoms with van der Waals surface area (Å²) in [4.78, 5) is 15.1. The lowest BCUT2D eigenvalue weighted by molar-refractivity contribution is 0.112. The molecule has 0 spiro atoms. The van der Waals surface area contributed by atoms with Crippen LogP contribution in [0.4, 0.5) is 5.82 Å². The van der Waals surface area contributed by atoms with Gasteiger partial charge in [-0.2, -0.15) is 0 Å². The number of pyridine rings is 1. The Morgan fingerprint density at radius 2 is 1.84 bits per heavy atom. The number of nitrogens with two attached hydrogens (primary N) is 1. The van der Waals surface area contributed by atoms with Crippen molar-refractivity contribution in [3.63, 3.8) is 0 Å². The number of hydrogen-bond acceptors (Lipinski definition) is 3. The van der Waals surface area contributed by atoms with Gasteiger partial charge in [0.05, 0.1) is 11.2 Å². The summed E-state index contributed by atoms with van der Waals surface area (Å²) in [5.74, 6) is 0.460. The van der Waals surface area contributed by atoms with Crippen LogP contribution in [0.15, 0.2) is 66.9 Å². The lowest BCUT2D eigenvalue weighted by Gasteiger charge is -2.12. The summed E-state index contributed by atoms with van der Waals surface area (Å²) < 4.78 is 2.07. The summed E-state index contributed by atoms with van der Waals surface area (Å²) in [5.41, 5.74) is 10.4. The number of hydrogen-bond donors (Lipinski definition) is 1. The Morgan fingerprint density at radius 3 is 2.56 bits per heavy atom. The van der Waals surface area contributed by atoms with Crippen LogP contribution >= 0.6 is 11.6 Å². The van der Waals surface area contributed by atoms with Crippen molar-refractivity contribution in [2.45, 2.75) is 0 Å². The van der Waals surface area contributed by atoms with Crippen molar-refractivity contribution >= 4 is 34.6 Å². The van der Waals surface area contributed by atoms with Gasteiger partial charge < -0.3 is 10.3 Å². The molecule has 5 heteroatoms. The van der Waals surface area contributed by atoms with Crippen LogP contribution in [0, 0.1) is 0 Å². The second-order valence-corrected chi connectivity index (χ2v) is 6.15. The van der Waals surface area contributed by atoms with E-state index in [-0.39, 0.29) is 0 Å². The first-order chi connectivity index (χ1) is 12.2. The summed E-state index contributed by atoms with van der Waals surface area (Å²) >= 11 is 6.22. The Hall–Kier alpha value is -3.11. The minimum Gasteiger partial charge on any atom is -0.383 e. The zero-order valence-electron chi connectivity index (χ0n) is 13.2. The van der Waals surface area contributed by atoms with Gasteiger partial charge in [-0.15, -0.1) is 0 Å². The van der Waals surface area contributed by atoms with Gasteiger partial charge in [0.25, 0.3) is 0 Å². The number of carbonyl (C=O) groups is 1. The molecule has 2 heterocycles. The number of benzene rings is 2. The van der Waals surface area contributed by atoms with Gasteiger partial charge in [0, 0.05) is 33.4 Å². The van der Waals surface area contributed by atoms with Crippen LogP contribution in [0.1, 0.15) is 10.4 Å². The fourth-order valence-corrected chi connectivity index (χ4v) is 3.15. The van der Waals surface area contributed by atoms with E-state index in [0.29, 0.717) is 16.4 Å². The minimum atomic E-state index is 0.460. The van der Waals surface area contributed by atoms with Crippen molar-refractivity contribution in [3.8, 4) is 16.9 Å². The average molecular weight is 348 g/mol. The first-order valence-corrected chi connectivity index (χ1v) is 8.12. The quantitative estimate of drug-likeness (QED) is 0.544. The van der Waals surface area contributed by atoms with Crippen LogP contribution < -0.4 is 5.73 Å². The van der Waals surface area contributed by atoms with E-state index >= 15 is 0 Å². The average Bonchev–Trinajstić information content (AvgIpc) is 3.00. The fraction of sp³-hybridized carbons (Fsp3) is 0. The van der Waals surface area contributed by atoms with Gasteiger partial charge in [0.1, 0.15) is 12.1 Å². The fourth-order valence-electron chi connectivity index (χ4n) is 2.99. The van der Waals surface area contributed by atoms with Crippen LogP contribution in [0.3, 0.4) is 0 Å². The van der Waals surface area contributed by atoms with Crippen LogP contribution in [0.5, 0.6) is 0 Å². The van der Waals surface area contributed by atoms with E-state index in [1.807, 2.05) is 42.5 Å². The molecule has 0 atom stereocenters. The molecule has 4 aromatic rings. The highest BCUT2D eigenvalue weighted by Crippen LogP contribution is 2.34. The summed E-state index contributed by atoms with van der Waals surface area (Å²) in [6.45, 7) is 0. The monoisotopic (exact) mass is 347 g/mol. The Balaban J connectivity index is 2.05. The van der Waals surface area contributed by atoms with Gasteiger partial charge in [-0.3, -0.25) is 4.79 Å². The van der Waals surface area contributed by atoms with Crippen molar-refractivity contribution in [3.05, 3.63) is 77.4 Å². The van der Waals surface area contributed by atoms with Crippen molar-refractivity contribution < 1.29 is 4.79 Å². The summed E-state index contributed by atoms with van der Waals surface area (Å²) in [6, 6.07) is 19.0. The molecule has 0 saturated carbocycles. The molecule has 0 saturated heterocycles. The molecule has 122 valence electrons. The molecular formula is C20H14ClN3O. The summed E-state index contributed by atoms with van der Waals surface area (Å²) in [7, 11) is 0. The number of aldehydes is 1. The normalized spacial score (nSPS) is 10.9. The summed E-state index contributed by atoms with van der Waals surface area (Å²) in [5, 5.41) is 1.70. The molecule has 0 aliphatic heterocycles. The smallest absolute Gasteiger partial charge is 0.150 e. The maximum atomic E-state index is 10.9. The maximum absolute atomic E-state index is 10.9. The molecule has 0 aliphatic carbocycles. The number of rotatable bonds is 3. The van der Waals surface area contributed by atoms with Gasteiger partial charge >= 0.3 is 0 Å². The van der Waals surface area contributed by atoms with Crippen molar-refractivity contribution in [2.75, 3.05) is 5.73 Å². The lowest BCUT2D eigenvalue weighted by atomic mass is 10.1. The van der Waals surface area contributed by atoms with E-state index in [1.165, 1.54) is 0 Å². The molecule has 0 fully saturated rings. The van der Waals surface area contributed by atoms with E-state index in [1.54, 1.807) is 18.3 Å². The molecule has 0 radical (unpaired) electrons. The number of nitrogen functional groups attached to an aromatic ring is 1. The third-order valence-electron chi connectivity index (χ3n) is 4.17. The Morgan fingerprint density at radius 1 is 1.04 bits per heavy atom. The van der Waals surface area contributed by atoms with E-state index < -0.39 is 0 Å². The highest BCUT2D eigenvalue weighted by molar-refractivity contribution is 6.31. The standard InChI is InChI=1S/C20H14ClN3O/c21-15-6-5-14-10-19(17-2-1-9-23-20(17)22)24(18(14)11-15)16-7-3-13(12-25)4-8-16/h1-12H,(H2,22,23). The zero-order chi connectivity index (χ0) is 17.4. The molecule has 4 nitrogen and oxygen atoms in total. The molecule has 2 N–H and O–H groups in total. The van der Waals surface area contributed by atoms with Gasteiger partial charge in [0.2, 0.25) is 0 Å². The second-order valence-electron chi connectivity index (χ2n) is 5.71. The molecule has 2 aromatic carbocycles. The number of nitrogens with zero attached hydrogens (tertiary/aromatic N) is 2. The van der Waals surface area contributed by atoms with Gasteiger partial charge in [-0.25, -0.2) is 4.98 Å². The van der Waals surface area contributed by atoms with Gasteiger partial charge in [0.15, 0.2) is 0 Å². The Kier molecular flexibility index (Phi) is 3.75. The molecule has 0 unspecified atom stereocenters. The molecule has 0 amide bonds. The van der Waals surface area contributed by atoms with E-state index in [0.717, 1.165) is 34.1 Å². The van der Waals surface area contributed by atoms with Gasteiger partial charge in [-0.05, 0) is 54.6 Å². The van der Waals surface area contributed by atoms with Gasteiger partial charge in [-0.1, -0.05) is 17.7 Å². The number of fused-ring (bicyclic) bond motifs is 1. The Bertz CT molecular complexity index is 1080.